The Bertz CT molecular complexity index is 1390. The molecule has 37 heavy (non-hydrogen) atoms. The molecule has 0 spiro atoms. The summed E-state index contributed by atoms with van der Waals surface area (Å²) in [5.41, 5.74) is -2.36. The van der Waals surface area contributed by atoms with Crippen LogP contribution in [0, 0.1) is 23.5 Å². The molecule has 0 saturated carbocycles. The summed E-state index contributed by atoms with van der Waals surface area (Å²) < 4.78 is 84.2. The second-order valence-electron chi connectivity index (χ2n) is 9.21. The van der Waals surface area contributed by atoms with E-state index in [4.69, 9.17) is 0 Å². The van der Waals surface area contributed by atoms with Crippen LogP contribution in [0.5, 0.6) is 0 Å². The number of fused-ring (bicyclic) bond motifs is 1. The third-order valence-corrected chi connectivity index (χ3v) is 6.99. The Morgan fingerprint density at radius 3 is 2.38 bits per heavy atom. The largest absolute Gasteiger partial charge is 0.598 e. The Labute approximate surface area is 213 Å². The van der Waals surface area contributed by atoms with Crippen molar-refractivity contribution < 1.29 is 26.5 Å². The molecule has 2 heterocycles. The van der Waals surface area contributed by atoms with Crippen molar-refractivity contribution in [1.82, 2.24) is 19.3 Å². The standard InChI is InChI=1S/C25H25F5N4O2S/c1-5-7-17(33-37(36)24(2,3)4)8-6-10-34-11-9-15-12-18(20(26)21(27)19(15)23(34)35)22-31-13-16(14-32-22)25(28,29)30/h9,11-14,17,33H,6,8,10H2,1-4H3/t17-,37?/m0/s1. The lowest BCUT2D eigenvalue weighted by Crippen LogP contribution is -2.44. The third kappa shape index (κ3) is 6.66. The minimum absolute atomic E-state index is 0.0515. The summed E-state index contributed by atoms with van der Waals surface area (Å²) in [5, 5.41) is -0.442. The van der Waals surface area contributed by atoms with Crippen molar-refractivity contribution in [1.29, 1.82) is 0 Å². The van der Waals surface area contributed by atoms with Gasteiger partial charge in [0.2, 0.25) is 0 Å². The van der Waals surface area contributed by atoms with Gasteiger partial charge in [0.05, 0.1) is 16.5 Å². The van der Waals surface area contributed by atoms with E-state index in [2.05, 4.69) is 26.5 Å². The van der Waals surface area contributed by atoms with E-state index < -0.39 is 61.8 Å². The molecule has 198 valence electrons. The minimum Gasteiger partial charge on any atom is -0.598 e. The molecule has 1 aromatic carbocycles. The molecular weight excluding hydrogens is 515 g/mol. The first-order valence-corrected chi connectivity index (χ1v) is 12.4. The van der Waals surface area contributed by atoms with E-state index in [0.717, 1.165) is 6.07 Å². The van der Waals surface area contributed by atoms with E-state index in [-0.39, 0.29) is 18.0 Å². The molecule has 0 fully saturated rings. The quantitative estimate of drug-likeness (QED) is 0.260. The van der Waals surface area contributed by atoms with Gasteiger partial charge in [-0.15, -0.1) is 10.6 Å². The van der Waals surface area contributed by atoms with Crippen molar-refractivity contribution in [2.45, 2.75) is 64.0 Å². The molecule has 6 nitrogen and oxygen atoms in total. The van der Waals surface area contributed by atoms with Gasteiger partial charge in [0, 0.05) is 36.5 Å². The number of benzene rings is 1. The Hall–Kier alpha value is -3.01. The number of aromatic nitrogens is 3. The maximum absolute atomic E-state index is 15.0. The number of nitrogens with zero attached hydrogens (tertiary/aromatic N) is 3. The fraction of sp³-hybridized carbons (Fsp3) is 0.400. The molecule has 2 aromatic heterocycles. The predicted molar refractivity (Wildman–Crippen MR) is 132 cm³/mol. The Morgan fingerprint density at radius 2 is 1.81 bits per heavy atom. The highest BCUT2D eigenvalue weighted by atomic mass is 32.2. The van der Waals surface area contributed by atoms with E-state index in [1.165, 1.54) is 16.8 Å². The van der Waals surface area contributed by atoms with Crippen molar-refractivity contribution in [2.24, 2.45) is 0 Å². The lowest BCUT2D eigenvalue weighted by molar-refractivity contribution is -0.138. The highest BCUT2D eigenvalue weighted by molar-refractivity contribution is 7.90. The first-order valence-electron chi connectivity index (χ1n) is 11.2. The van der Waals surface area contributed by atoms with Gasteiger partial charge in [-0.25, -0.2) is 18.7 Å². The van der Waals surface area contributed by atoms with Gasteiger partial charge in [-0.05, 0) is 58.1 Å². The number of halogens is 5. The van der Waals surface area contributed by atoms with Gasteiger partial charge in [0.25, 0.3) is 5.56 Å². The molecular formula is C25H25F5N4O2S. The van der Waals surface area contributed by atoms with Gasteiger partial charge in [0.15, 0.2) is 17.5 Å². The summed E-state index contributed by atoms with van der Waals surface area (Å²) in [6.45, 7) is 7.30. The first-order chi connectivity index (χ1) is 17.2. The molecule has 0 bridgehead atoms. The number of alkyl halides is 3. The van der Waals surface area contributed by atoms with Gasteiger partial charge in [-0.1, -0.05) is 5.92 Å². The lowest BCUT2D eigenvalue weighted by Gasteiger charge is -2.26. The van der Waals surface area contributed by atoms with Crippen LogP contribution in [-0.4, -0.2) is 29.9 Å². The molecule has 1 unspecified atom stereocenters. The molecule has 0 amide bonds. The van der Waals surface area contributed by atoms with E-state index in [1.807, 2.05) is 20.8 Å². The van der Waals surface area contributed by atoms with Crippen molar-refractivity contribution in [3.05, 3.63) is 58.3 Å². The number of hydrogen-bond acceptors (Lipinski definition) is 5. The zero-order chi connectivity index (χ0) is 27.5. The predicted octanol–water partition coefficient (Wildman–Crippen LogP) is 4.98. The fourth-order valence-corrected chi connectivity index (χ4v) is 4.22. The van der Waals surface area contributed by atoms with Crippen LogP contribution in [0.15, 0.2) is 35.5 Å². The first kappa shape index (κ1) is 28.6. The Kier molecular flexibility index (Phi) is 8.62. The molecule has 2 atom stereocenters. The zero-order valence-electron chi connectivity index (χ0n) is 20.5. The number of aryl methyl sites for hydroxylation is 1. The van der Waals surface area contributed by atoms with Crippen LogP contribution in [-0.2, 0) is 24.1 Å². The summed E-state index contributed by atoms with van der Waals surface area (Å²) >= 11 is -1.35. The molecule has 0 aliphatic heterocycles. The van der Waals surface area contributed by atoms with Gasteiger partial charge >= 0.3 is 6.18 Å². The molecule has 0 saturated heterocycles. The van der Waals surface area contributed by atoms with Gasteiger partial charge in [-0.3, -0.25) is 4.79 Å². The normalized spacial score (nSPS) is 13.8. The summed E-state index contributed by atoms with van der Waals surface area (Å²) in [6, 6.07) is 2.14. The number of nitrogens with one attached hydrogen (secondary N) is 1. The summed E-state index contributed by atoms with van der Waals surface area (Å²) in [5.74, 6) is 2.40. The molecule has 0 radical (unpaired) electrons. The van der Waals surface area contributed by atoms with Gasteiger partial charge in [-0.2, -0.15) is 13.2 Å². The molecule has 12 heteroatoms. The number of pyridine rings is 1. The SMILES string of the molecule is CC#C[C@@H](CCCn1ccc2cc(-c3ncc(C(F)(F)F)cn3)c(F)c(F)c2c1=O)N[S+]([O-])C(C)(C)C. The summed E-state index contributed by atoms with van der Waals surface area (Å²) in [4.78, 5) is 19.9. The third-order valence-electron chi connectivity index (χ3n) is 5.38. The van der Waals surface area contributed by atoms with E-state index in [1.54, 1.807) is 6.92 Å². The topological polar surface area (TPSA) is 82.9 Å². The second kappa shape index (κ2) is 11.2. The molecule has 0 aliphatic carbocycles. The summed E-state index contributed by atoms with van der Waals surface area (Å²) in [6.07, 6.45) is -1.43. The smallest absolute Gasteiger partial charge is 0.419 e. The van der Waals surface area contributed by atoms with Crippen LogP contribution in [0.1, 0.15) is 46.1 Å². The van der Waals surface area contributed by atoms with Crippen LogP contribution < -0.4 is 10.3 Å². The van der Waals surface area contributed by atoms with Gasteiger partial charge < -0.3 is 9.12 Å². The van der Waals surface area contributed by atoms with Crippen LogP contribution in [0.4, 0.5) is 22.0 Å². The van der Waals surface area contributed by atoms with Crippen molar-refractivity contribution in [3.8, 4) is 23.2 Å². The number of rotatable bonds is 7. The van der Waals surface area contributed by atoms with Crippen LogP contribution in [0.2, 0.25) is 0 Å². The van der Waals surface area contributed by atoms with Crippen LogP contribution >= 0.6 is 0 Å². The minimum atomic E-state index is -4.68. The van der Waals surface area contributed by atoms with Crippen molar-refractivity contribution >= 4 is 22.1 Å². The monoisotopic (exact) mass is 540 g/mol. The van der Waals surface area contributed by atoms with Crippen LogP contribution in [0.25, 0.3) is 22.2 Å². The maximum Gasteiger partial charge on any atom is 0.419 e. The maximum atomic E-state index is 15.0. The van der Waals surface area contributed by atoms with E-state index >= 15 is 0 Å². The average molecular weight is 541 g/mol. The lowest BCUT2D eigenvalue weighted by atomic mass is 10.1. The average Bonchev–Trinajstić information content (AvgIpc) is 2.81. The van der Waals surface area contributed by atoms with Crippen molar-refractivity contribution in [2.75, 3.05) is 0 Å². The van der Waals surface area contributed by atoms with Crippen molar-refractivity contribution in [3.63, 3.8) is 0 Å². The molecule has 0 aliphatic rings. The number of hydrogen-bond donors (Lipinski definition) is 1. The van der Waals surface area contributed by atoms with E-state index in [0.29, 0.717) is 25.2 Å². The molecule has 3 rings (SSSR count). The van der Waals surface area contributed by atoms with Crippen LogP contribution in [0.3, 0.4) is 0 Å². The highest BCUT2D eigenvalue weighted by Gasteiger charge is 2.32. The fourth-order valence-electron chi connectivity index (χ4n) is 3.43. The second-order valence-corrected chi connectivity index (χ2v) is 11.2. The molecule has 3 aromatic rings. The van der Waals surface area contributed by atoms with E-state index in [9.17, 15) is 31.3 Å². The highest BCUT2D eigenvalue weighted by Crippen LogP contribution is 2.31. The Balaban J connectivity index is 1.84. The zero-order valence-corrected chi connectivity index (χ0v) is 21.4. The Morgan fingerprint density at radius 1 is 1.16 bits per heavy atom. The van der Waals surface area contributed by atoms with Gasteiger partial charge in [0.1, 0.15) is 10.8 Å². The summed E-state index contributed by atoms with van der Waals surface area (Å²) in [7, 11) is 0. The molecule has 1 N–H and O–H groups in total.